The van der Waals surface area contributed by atoms with Crippen molar-refractivity contribution in [3.63, 3.8) is 0 Å². The molecule has 1 aliphatic rings. The van der Waals surface area contributed by atoms with Crippen LogP contribution in [0.3, 0.4) is 0 Å². The minimum absolute atomic E-state index is 0.110. The Bertz CT molecular complexity index is 878. The van der Waals surface area contributed by atoms with E-state index in [1.54, 1.807) is 0 Å². The van der Waals surface area contributed by atoms with Crippen LogP contribution in [0.4, 0.5) is 10.5 Å². The Hall–Kier alpha value is -3.42. The molecule has 1 fully saturated rings. The molecule has 1 amide bonds. The van der Waals surface area contributed by atoms with E-state index in [2.05, 4.69) is 5.32 Å². The number of nitro benzene ring substituents is 1. The summed E-state index contributed by atoms with van der Waals surface area (Å²) in [7, 11) is 0. The van der Waals surface area contributed by atoms with Crippen molar-refractivity contribution in [2.45, 2.75) is 44.2 Å². The third-order valence-electron chi connectivity index (χ3n) is 4.88. The van der Waals surface area contributed by atoms with Crippen molar-refractivity contribution in [2.24, 2.45) is 0 Å². The Kier molecular flexibility index (Phi) is 6.11. The number of hydrogen-bond donors (Lipinski definition) is 1. The van der Waals surface area contributed by atoms with E-state index in [9.17, 15) is 19.7 Å². The van der Waals surface area contributed by atoms with E-state index in [-0.39, 0.29) is 17.9 Å². The van der Waals surface area contributed by atoms with Crippen LogP contribution in [0.2, 0.25) is 0 Å². The quantitative estimate of drug-likeness (QED) is 0.329. The minimum atomic E-state index is -0.969. The molecule has 0 bridgehead atoms. The summed E-state index contributed by atoms with van der Waals surface area (Å²) in [6.45, 7) is 1.86. The molecule has 1 N–H and O–H groups in total. The molecule has 0 aliphatic heterocycles. The van der Waals surface area contributed by atoms with Crippen LogP contribution in [-0.4, -0.2) is 28.6 Å². The zero-order chi connectivity index (χ0) is 20.9. The van der Waals surface area contributed by atoms with Crippen molar-refractivity contribution in [2.75, 3.05) is 0 Å². The molecule has 0 spiro atoms. The Labute approximate surface area is 168 Å². The lowest BCUT2D eigenvalue weighted by atomic mass is 9.82. The highest BCUT2D eigenvalue weighted by Crippen LogP contribution is 2.34. The minimum Gasteiger partial charge on any atom is -0.443 e. The van der Waals surface area contributed by atoms with E-state index in [1.807, 2.05) is 37.3 Å². The topological polar surface area (TPSA) is 108 Å². The molecule has 1 aliphatic carbocycles. The molecule has 0 unspecified atom stereocenters. The van der Waals surface area contributed by atoms with Crippen molar-refractivity contribution >= 4 is 17.7 Å². The molecular weight excluding hydrogens is 376 g/mol. The largest absolute Gasteiger partial charge is 0.443 e. The van der Waals surface area contributed by atoms with Crippen LogP contribution in [0.15, 0.2) is 54.6 Å². The number of nitro groups is 1. The molecule has 0 radical (unpaired) electrons. The highest BCUT2D eigenvalue weighted by molar-refractivity contribution is 5.83. The van der Waals surface area contributed by atoms with Gasteiger partial charge in [-0.05, 0) is 43.9 Å². The van der Waals surface area contributed by atoms with Gasteiger partial charge in [0.15, 0.2) is 0 Å². The predicted molar refractivity (Wildman–Crippen MR) is 105 cm³/mol. The molecule has 0 heterocycles. The van der Waals surface area contributed by atoms with Crippen molar-refractivity contribution in [1.82, 2.24) is 5.32 Å². The van der Waals surface area contributed by atoms with Gasteiger partial charge in [0, 0.05) is 18.6 Å². The number of non-ortho nitro benzene ring substituents is 1. The van der Waals surface area contributed by atoms with Gasteiger partial charge in [-0.15, -0.1) is 0 Å². The summed E-state index contributed by atoms with van der Waals surface area (Å²) in [6, 6.07) is 13.4. The molecule has 0 saturated heterocycles. The molecule has 29 heavy (non-hydrogen) atoms. The molecule has 0 aromatic heterocycles. The van der Waals surface area contributed by atoms with Gasteiger partial charge in [-0.25, -0.2) is 9.59 Å². The number of carbonyl (C=O) groups is 2. The Balaban J connectivity index is 1.69. The van der Waals surface area contributed by atoms with E-state index in [4.69, 9.17) is 9.47 Å². The van der Waals surface area contributed by atoms with Gasteiger partial charge in [0.25, 0.3) is 5.69 Å². The molecule has 1 saturated carbocycles. The first-order chi connectivity index (χ1) is 13.8. The van der Waals surface area contributed by atoms with Crippen molar-refractivity contribution in [3.05, 3.63) is 70.3 Å². The molecule has 2 aromatic rings. The summed E-state index contributed by atoms with van der Waals surface area (Å²) >= 11 is 0. The molecular formula is C21H22N2O6. The Morgan fingerprint density at radius 1 is 1.14 bits per heavy atom. The maximum absolute atomic E-state index is 12.7. The van der Waals surface area contributed by atoms with Gasteiger partial charge in [0.2, 0.25) is 0 Å². The van der Waals surface area contributed by atoms with Gasteiger partial charge < -0.3 is 14.8 Å². The predicted octanol–water partition coefficient (Wildman–Crippen LogP) is 3.78. The number of nitrogens with one attached hydrogen (secondary N) is 1. The normalized spacial score (nSPS) is 15.5. The SMILES string of the molecule is CC1(OC(=O)N[C@@H](Cc2ccccc2)C(=O)Oc2ccc([N+](=O)[O-])cc2)CCC1. The zero-order valence-corrected chi connectivity index (χ0v) is 16.0. The average Bonchev–Trinajstić information content (AvgIpc) is 2.67. The number of carbonyl (C=O) groups excluding carboxylic acids is 2. The first-order valence-electron chi connectivity index (χ1n) is 9.34. The van der Waals surface area contributed by atoms with E-state index in [0.29, 0.717) is 0 Å². The van der Waals surface area contributed by atoms with E-state index in [0.717, 1.165) is 24.8 Å². The summed E-state index contributed by atoms with van der Waals surface area (Å²) < 4.78 is 10.8. The van der Waals surface area contributed by atoms with Gasteiger partial charge in [-0.1, -0.05) is 30.3 Å². The second kappa shape index (κ2) is 8.72. The van der Waals surface area contributed by atoms with Gasteiger partial charge >= 0.3 is 12.1 Å². The number of ether oxygens (including phenoxy) is 2. The highest BCUT2D eigenvalue weighted by atomic mass is 16.6. The molecule has 1 atom stereocenters. The molecule has 152 valence electrons. The fraction of sp³-hybridized carbons (Fsp3) is 0.333. The van der Waals surface area contributed by atoms with Crippen molar-refractivity contribution < 1.29 is 24.0 Å². The number of amides is 1. The van der Waals surface area contributed by atoms with Gasteiger partial charge in [-0.3, -0.25) is 10.1 Å². The number of hydrogen-bond acceptors (Lipinski definition) is 6. The smallest absolute Gasteiger partial charge is 0.408 e. The maximum atomic E-state index is 12.7. The lowest BCUT2D eigenvalue weighted by Crippen LogP contribution is -2.48. The number of benzene rings is 2. The van der Waals surface area contributed by atoms with E-state index in [1.165, 1.54) is 24.3 Å². The summed E-state index contributed by atoms with van der Waals surface area (Å²) in [6.07, 6.45) is 2.13. The number of esters is 1. The number of alkyl carbamates (subject to hydrolysis) is 1. The standard InChI is InChI=1S/C21H22N2O6/c1-21(12-5-13-21)29-20(25)22-18(14-15-6-3-2-4-7-15)19(24)28-17-10-8-16(9-11-17)23(26)27/h2-4,6-11,18H,5,12-14H2,1H3,(H,22,25)/t18-/m0/s1. The maximum Gasteiger partial charge on any atom is 0.408 e. The lowest BCUT2D eigenvalue weighted by molar-refractivity contribution is -0.384. The fourth-order valence-corrected chi connectivity index (χ4v) is 3.04. The first-order valence-corrected chi connectivity index (χ1v) is 9.34. The second-order valence-corrected chi connectivity index (χ2v) is 7.25. The highest BCUT2D eigenvalue weighted by Gasteiger charge is 2.37. The Morgan fingerprint density at radius 2 is 1.79 bits per heavy atom. The van der Waals surface area contributed by atoms with Gasteiger partial charge in [0.1, 0.15) is 17.4 Å². The Morgan fingerprint density at radius 3 is 2.34 bits per heavy atom. The second-order valence-electron chi connectivity index (χ2n) is 7.25. The first kappa shape index (κ1) is 20.3. The fourth-order valence-electron chi connectivity index (χ4n) is 3.04. The van der Waals surface area contributed by atoms with Gasteiger partial charge in [-0.2, -0.15) is 0 Å². The van der Waals surface area contributed by atoms with Crippen LogP contribution in [0.1, 0.15) is 31.7 Å². The summed E-state index contributed by atoms with van der Waals surface area (Å²) in [5, 5.41) is 13.3. The van der Waals surface area contributed by atoms with Gasteiger partial charge in [0.05, 0.1) is 4.92 Å². The number of rotatable bonds is 7. The summed E-state index contributed by atoms with van der Waals surface area (Å²) in [5.41, 5.74) is 0.235. The monoisotopic (exact) mass is 398 g/mol. The lowest BCUT2D eigenvalue weighted by Gasteiger charge is -2.37. The van der Waals surface area contributed by atoms with Crippen LogP contribution in [0.5, 0.6) is 5.75 Å². The average molecular weight is 398 g/mol. The van der Waals surface area contributed by atoms with Crippen LogP contribution in [-0.2, 0) is 16.0 Å². The van der Waals surface area contributed by atoms with Crippen molar-refractivity contribution in [3.8, 4) is 5.75 Å². The van der Waals surface area contributed by atoms with Crippen LogP contribution >= 0.6 is 0 Å². The molecule has 8 heteroatoms. The number of nitrogens with zero attached hydrogens (tertiary/aromatic N) is 1. The van der Waals surface area contributed by atoms with Crippen LogP contribution < -0.4 is 10.1 Å². The molecule has 3 rings (SSSR count). The van der Waals surface area contributed by atoms with Crippen LogP contribution in [0.25, 0.3) is 0 Å². The summed E-state index contributed by atoms with van der Waals surface area (Å²) in [4.78, 5) is 35.2. The van der Waals surface area contributed by atoms with Crippen molar-refractivity contribution in [1.29, 1.82) is 0 Å². The third-order valence-corrected chi connectivity index (χ3v) is 4.88. The zero-order valence-electron chi connectivity index (χ0n) is 16.0. The van der Waals surface area contributed by atoms with E-state index >= 15 is 0 Å². The summed E-state index contributed by atoms with van der Waals surface area (Å²) in [5.74, 6) is -0.529. The third kappa shape index (κ3) is 5.54. The molecule has 8 nitrogen and oxygen atoms in total. The molecule has 2 aromatic carbocycles. The van der Waals surface area contributed by atoms with Crippen LogP contribution in [0, 0.1) is 10.1 Å². The van der Waals surface area contributed by atoms with E-state index < -0.39 is 28.6 Å².